The quantitative estimate of drug-likeness (QED) is 0.197. The number of nitrogens with two attached hydrogens (primary N) is 1. The predicted octanol–water partition coefficient (Wildman–Crippen LogP) is 5.88. The molecule has 0 unspecified atom stereocenters. The summed E-state index contributed by atoms with van der Waals surface area (Å²) in [4.78, 5) is 22.9. The lowest BCUT2D eigenvalue weighted by atomic mass is 10.1. The number of benzene rings is 4. The Hall–Kier alpha value is -5.02. The van der Waals surface area contributed by atoms with Crippen molar-refractivity contribution in [1.29, 1.82) is 0 Å². The van der Waals surface area contributed by atoms with Crippen molar-refractivity contribution in [3.8, 4) is 11.5 Å². The second-order valence-electron chi connectivity index (χ2n) is 10.1. The maximum absolute atomic E-state index is 12.3. The SMILES string of the molecule is C[C@H](N)c1ccccc1.C[C@H](NC(=O)c1ccc2c(c1)OCCN2)c1ccccc1.O=C(O)c1ccc2c(c1)OCCN2. The summed E-state index contributed by atoms with van der Waals surface area (Å²) in [5, 5.41) is 18.1. The van der Waals surface area contributed by atoms with Gasteiger partial charge in [-0.2, -0.15) is 0 Å². The van der Waals surface area contributed by atoms with Gasteiger partial charge in [-0.1, -0.05) is 60.7 Å². The number of carboxylic acid groups (broad SMARTS) is 1. The molecule has 4 aromatic rings. The molecule has 9 heteroatoms. The van der Waals surface area contributed by atoms with E-state index in [1.807, 2.05) is 86.6 Å². The van der Waals surface area contributed by atoms with E-state index < -0.39 is 5.97 Å². The van der Waals surface area contributed by atoms with Crippen LogP contribution in [0, 0.1) is 0 Å². The fourth-order valence-electron chi connectivity index (χ4n) is 4.40. The van der Waals surface area contributed by atoms with Gasteiger partial charge in [0.1, 0.15) is 24.7 Å². The molecule has 0 aliphatic carbocycles. The smallest absolute Gasteiger partial charge is 0.335 e. The number of aromatic carboxylic acids is 1. The molecule has 0 bridgehead atoms. The monoisotopic (exact) mass is 582 g/mol. The summed E-state index contributed by atoms with van der Waals surface area (Å²) in [5.41, 5.74) is 10.6. The van der Waals surface area contributed by atoms with Gasteiger partial charge in [0.15, 0.2) is 0 Å². The van der Waals surface area contributed by atoms with Crippen LogP contribution >= 0.6 is 0 Å². The Morgan fingerprint density at radius 2 is 1.23 bits per heavy atom. The average molecular weight is 583 g/mol. The highest BCUT2D eigenvalue weighted by Gasteiger charge is 2.16. The number of hydrogen-bond donors (Lipinski definition) is 5. The molecule has 0 saturated heterocycles. The van der Waals surface area contributed by atoms with E-state index in [-0.39, 0.29) is 23.6 Å². The Balaban J connectivity index is 0.000000163. The number of nitrogens with one attached hydrogen (secondary N) is 3. The molecule has 6 rings (SSSR count). The number of ether oxygens (including phenoxy) is 2. The third-order valence-electron chi connectivity index (χ3n) is 6.80. The van der Waals surface area contributed by atoms with Crippen LogP contribution in [-0.2, 0) is 0 Å². The van der Waals surface area contributed by atoms with Crippen molar-refractivity contribution in [3.63, 3.8) is 0 Å². The highest BCUT2D eigenvalue weighted by atomic mass is 16.5. The first-order valence-corrected chi connectivity index (χ1v) is 14.2. The van der Waals surface area contributed by atoms with Gasteiger partial charge in [-0.3, -0.25) is 4.79 Å². The fraction of sp³-hybridized carbons (Fsp3) is 0.235. The van der Waals surface area contributed by atoms with Crippen LogP contribution < -0.4 is 31.2 Å². The largest absolute Gasteiger partial charge is 0.490 e. The number of anilines is 2. The highest BCUT2D eigenvalue weighted by molar-refractivity contribution is 5.95. The van der Waals surface area contributed by atoms with Gasteiger partial charge in [0.05, 0.1) is 23.0 Å². The molecule has 224 valence electrons. The standard InChI is InChI=1S/C17H18N2O2.C9H9NO3.C8H11N/c1-12(13-5-3-2-4-6-13)19-17(20)14-7-8-15-16(11-14)21-10-9-18-15;11-9(12)6-1-2-7-8(5-6)13-4-3-10-7;1-7(9)8-5-3-2-4-6-8/h2-8,11-12,18H,9-10H2,1H3,(H,19,20);1-2,5,10H,3-4H2,(H,11,12);2-7H,9H2,1H3/t12-;;7-/m0.0/s1. The molecule has 2 aliphatic heterocycles. The summed E-state index contributed by atoms with van der Waals surface area (Å²) in [6.07, 6.45) is 0. The number of fused-ring (bicyclic) bond motifs is 2. The van der Waals surface area contributed by atoms with Gasteiger partial charge in [0.2, 0.25) is 0 Å². The predicted molar refractivity (Wildman–Crippen MR) is 169 cm³/mol. The number of carboxylic acids is 1. The lowest BCUT2D eigenvalue weighted by Gasteiger charge is -2.20. The van der Waals surface area contributed by atoms with Crippen LogP contribution in [0.25, 0.3) is 0 Å². The Morgan fingerprint density at radius 3 is 1.72 bits per heavy atom. The van der Waals surface area contributed by atoms with E-state index in [9.17, 15) is 9.59 Å². The minimum absolute atomic E-state index is 0.0335. The second-order valence-corrected chi connectivity index (χ2v) is 10.1. The van der Waals surface area contributed by atoms with Gasteiger partial charge in [0.25, 0.3) is 5.91 Å². The molecule has 4 aromatic carbocycles. The number of rotatable bonds is 5. The molecule has 0 aromatic heterocycles. The van der Waals surface area contributed by atoms with Crippen LogP contribution in [0.15, 0.2) is 97.1 Å². The molecule has 2 atom stereocenters. The van der Waals surface area contributed by atoms with Crippen molar-refractivity contribution in [2.45, 2.75) is 25.9 Å². The molecule has 43 heavy (non-hydrogen) atoms. The Bertz CT molecular complexity index is 1500. The molecular weight excluding hydrogens is 544 g/mol. The zero-order chi connectivity index (χ0) is 30.6. The maximum atomic E-state index is 12.3. The Morgan fingerprint density at radius 1 is 0.744 bits per heavy atom. The van der Waals surface area contributed by atoms with Crippen molar-refractivity contribution in [2.75, 3.05) is 36.9 Å². The zero-order valence-electron chi connectivity index (χ0n) is 24.4. The van der Waals surface area contributed by atoms with Crippen LogP contribution in [0.3, 0.4) is 0 Å². The van der Waals surface area contributed by atoms with Gasteiger partial charge in [-0.25, -0.2) is 4.79 Å². The van der Waals surface area contributed by atoms with Crippen molar-refractivity contribution < 1.29 is 24.2 Å². The summed E-state index contributed by atoms with van der Waals surface area (Å²) < 4.78 is 10.8. The molecular formula is C34H38N4O5. The van der Waals surface area contributed by atoms with Gasteiger partial charge in [0, 0.05) is 24.7 Å². The van der Waals surface area contributed by atoms with Gasteiger partial charge in [-0.15, -0.1) is 0 Å². The molecule has 1 amide bonds. The van der Waals surface area contributed by atoms with Crippen molar-refractivity contribution in [2.24, 2.45) is 5.73 Å². The van der Waals surface area contributed by atoms with Crippen LogP contribution in [0.2, 0.25) is 0 Å². The minimum atomic E-state index is -0.933. The average Bonchev–Trinajstić information content (AvgIpc) is 3.05. The molecule has 9 nitrogen and oxygen atoms in total. The van der Waals surface area contributed by atoms with Gasteiger partial charge < -0.3 is 36.3 Å². The fourth-order valence-corrected chi connectivity index (χ4v) is 4.40. The van der Waals surface area contributed by atoms with Gasteiger partial charge >= 0.3 is 5.97 Å². The molecule has 2 aliphatic rings. The van der Waals surface area contributed by atoms with Crippen molar-refractivity contribution in [1.82, 2.24) is 5.32 Å². The molecule has 0 saturated carbocycles. The molecule has 0 radical (unpaired) electrons. The van der Waals surface area contributed by atoms with E-state index in [0.29, 0.717) is 24.5 Å². The lowest BCUT2D eigenvalue weighted by molar-refractivity contribution is 0.0696. The van der Waals surface area contributed by atoms with E-state index in [2.05, 4.69) is 16.0 Å². The highest BCUT2D eigenvalue weighted by Crippen LogP contribution is 2.29. The van der Waals surface area contributed by atoms with E-state index in [4.69, 9.17) is 20.3 Å². The first kappa shape index (κ1) is 30.9. The molecule has 0 fully saturated rings. The first-order valence-electron chi connectivity index (χ1n) is 14.2. The minimum Gasteiger partial charge on any atom is -0.490 e. The van der Waals surface area contributed by atoms with Gasteiger partial charge in [-0.05, 0) is 61.4 Å². The zero-order valence-corrected chi connectivity index (χ0v) is 24.4. The maximum Gasteiger partial charge on any atom is 0.335 e. The summed E-state index contributed by atoms with van der Waals surface area (Å²) in [7, 11) is 0. The number of hydrogen-bond acceptors (Lipinski definition) is 7. The van der Waals surface area contributed by atoms with Crippen LogP contribution in [0.4, 0.5) is 11.4 Å². The lowest BCUT2D eigenvalue weighted by Crippen LogP contribution is -2.27. The first-order chi connectivity index (χ1) is 20.8. The van der Waals surface area contributed by atoms with Crippen molar-refractivity contribution >= 4 is 23.3 Å². The third kappa shape index (κ3) is 8.98. The Kier molecular flexibility index (Phi) is 11.0. The summed E-state index contributed by atoms with van der Waals surface area (Å²) in [5.74, 6) is 0.327. The van der Waals surface area contributed by atoms with Crippen LogP contribution in [0.5, 0.6) is 11.5 Å². The molecule has 2 heterocycles. The molecule has 6 N–H and O–H groups in total. The number of carbonyl (C=O) groups excluding carboxylic acids is 1. The van der Waals surface area contributed by atoms with E-state index in [0.717, 1.165) is 35.8 Å². The Labute approximate surface area is 252 Å². The summed E-state index contributed by atoms with van der Waals surface area (Å²) >= 11 is 0. The second kappa shape index (κ2) is 15.3. The third-order valence-corrected chi connectivity index (χ3v) is 6.80. The molecule has 0 spiro atoms. The van der Waals surface area contributed by atoms with Crippen LogP contribution in [0.1, 0.15) is 57.8 Å². The topological polar surface area (TPSA) is 135 Å². The van der Waals surface area contributed by atoms with E-state index >= 15 is 0 Å². The number of carbonyl (C=O) groups is 2. The summed E-state index contributed by atoms with van der Waals surface area (Å²) in [6, 6.07) is 30.4. The van der Waals surface area contributed by atoms with E-state index in [1.54, 1.807) is 18.2 Å². The summed E-state index contributed by atoms with van der Waals surface area (Å²) in [6.45, 7) is 6.72. The van der Waals surface area contributed by atoms with E-state index in [1.165, 1.54) is 11.6 Å². The normalized spacial score (nSPS) is 13.9. The van der Waals surface area contributed by atoms with Crippen molar-refractivity contribution in [3.05, 3.63) is 119 Å². The number of amides is 1. The van der Waals surface area contributed by atoms with Crippen LogP contribution in [-0.4, -0.2) is 43.3 Å².